The lowest BCUT2D eigenvalue weighted by Crippen LogP contribution is -2.40. The minimum atomic E-state index is -0.360. The predicted octanol–water partition coefficient (Wildman–Crippen LogP) is 4.74. The summed E-state index contributed by atoms with van der Waals surface area (Å²) in [5, 5.41) is 3.48. The van der Waals surface area contributed by atoms with E-state index < -0.39 is 0 Å². The number of hydrogen-bond donors (Lipinski definition) is 2. The number of hydrogen-bond acceptors (Lipinski definition) is 7. The summed E-state index contributed by atoms with van der Waals surface area (Å²) < 4.78 is 19.2. The number of carbonyl (C=O) groups is 1. The zero-order valence-electron chi connectivity index (χ0n) is 24.6. The van der Waals surface area contributed by atoms with Crippen LogP contribution in [0.5, 0.6) is 0 Å². The van der Waals surface area contributed by atoms with E-state index in [1.165, 1.54) is 0 Å². The average molecular weight is 565 g/mol. The number of imidazole rings is 1. The number of fused-ring (bicyclic) bond motifs is 1. The molecule has 2 N–H and O–H groups in total. The lowest BCUT2D eigenvalue weighted by molar-refractivity contribution is -0.156. The van der Waals surface area contributed by atoms with E-state index in [1.54, 1.807) is 6.20 Å². The highest BCUT2D eigenvalue weighted by atomic mass is 16.6. The van der Waals surface area contributed by atoms with E-state index in [2.05, 4.69) is 46.9 Å². The third kappa shape index (κ3) is 7.64. The van der Waals surface area contributed by atoms with Crippen molar-refractivity contribution in [2.75, 3.05) is 26.4 Å². The maximum Gasteiger partial charge on any atom is 0.323 e. The van der Waals surface area contributed by atoms with Crippen molar-refractivity contribution in [1.29, 1.82) is 0 Å². The average Bonchev–Trinajstić information content (AvgIpc) is 3.32. The maximum absolute atomic E-state index is 13.1. The molecular weight excluding hydrogens is 520 g/mol. The molecule has 222 valence electrons. The van der Waals surface area contributed by atoms with Gasteiger partial charge >= 0.3 is 5.97 Å². The lowest BCUT2D eigenvalue weighted by Gasteiger charge is -2.25. The minimum absolute atomic E-state index is 0.0642. The number of nitrogens with one attached hydrogen (secondary N) is 2. The van der Waals surface area contributed by atoms with Gasteiger partial charge in [0.05, 0.1) is 24.2 Å². The number of ether oxygens (including phenoxy) is 3. The molecule has 2 fully saturated rings. The van der Waals surface area contributed by atoms with Crippen LogP contribution in [0.2, 0.25) is 0 Å². The summed E-state index contributed by atoms with van der Waals surface area (Å²) in [6.45, 7) is 10.4. The molecule has 0 aliphatic carbocycles. The molecule has 9 nitrogen and oxygen atoms in total. The molecule has 2 aromatic heterocycles. The van der Waals surface area contributed by atoms with Crippen molar-refractivity contribution >= 4 is 17.0 Å². The van der Waals surface area contributed by atoms with Crippen LogP contribution in [0, 0.1) is 18.8 Å². The van der Waals surface area contributed by atoms with Crippen molar-refractivity contribution in [3.63, 3.8) is 0 Å². The van der Waals surface area contributed by atoms with Crippen LogP contribution in [0.15, 0.2) is 35.3 Å². The molecule has 0 amide bonds. The lowest BCUT2D eigenvalue weighted by atomic mass is 10.00. The van der Waals surface area contributed by atoms with Crippen LogP contribution in [0.4, 0.5) is 0 Å². The number of esters is 1. The zero-order valence-corrected chi connectivity index (χ0v) is 24.6. The Labute approximate surface area is 242 Å². The first-order valence-corrected chi connectivity index (χ1v) is 15.2. The molecule has 0 spiro atoms. The number of benzene rings is 1. The van der Waals surface area contributed by atoms with Crippen molar-refractivity contribution in [2.45, 2.75) is 84.5 Å². The highest BCUT2D eigenvalue weighted by molar-refractivity contribution is 5.81. The standard InChI is InChI=1S/C32H44N4O5/c1-21(2)4-6-27(32(38)41-26-10-14-40-15-11-26)33-18-24-5-7-29-28(17-24)35-30(25-16-22(3)31(37)34-19-25)36(29)20-23-8-12-39-13-9-23/h5,7,16-17,19,21,23,26-27,33H,4,6,8-15,18,20H2,1-3H3,(H,34,37)/t27-/m0/s1. The fourth-order valence-corrected chi connectivity index (χ4v) is 5.69. The molecule has 41 heavy (non-hydrogen) atoms. The molecule has 4 heterocycles. The molecular formula is C32H44N4O5. The number of nitrogens with zero attached hydrogens (tertiary/aromatic N) is 2. The second-order valence-corrected chi connectivity index (χ2v) is 12.0. The number of aromatic nitrogens is 3. The number of pyridine rings is 1. The normalized spacial score (nSPS) is 17.8. The van der Waals surface area contributed by atoms with Gasteiger partial charge in [0.1, 0.15) is 18.0 Å². The van der Waals surface area contributed by atoms with Gasteiger partial charge in [0.15, 0.2) is 0 Å². The molecule has 3 aromatic rings. The molecule has 2 saturated heterocycles. The van der Waals surface area contributed by atoms with Gasteiger partial charge in [0, 0.05) is 56.5 Å². The van der Waals surface area contributed by atoms with Gasteiger partial charge in [-0.3, -0.25) is 9.59 Å². The van der Waals surface area contributed by atoms with E-state index in [4.69, 9.17) is 19.2 Å². The minimum Gasteiger partial charge on any atom is -0.461 e. The summed E-state index contributed by atoms with van der Waals surface area (Å²) in [4.78, 5) is 33.1. The fraction of sp³-hybridized carbons (Fsp3) is 0.594. The Morgan fingerprint density at radius 3 is 2.54 bits per heavy atom. The van der Waals surface area contributed by atoms with Gasteiger partial charge in [-0.1, -0.05) is 19.9 Å². The van der Waals surface area contributed by atoms with Gasteiger partial charge in [-0.05, 0) is 68.2 Å². The van der Waals surface area contributed by atoms with Gasteiger partial charge < -0.3 is 29.1 Å². The summed E-state index contributed by atoms with van der Waals surface area (Å²) in [6.07, 6.45) is 6.92. The third-order valence-electron chi connectivity index (χ3n) is 8.26. The Balaban J connectivity index is 1.37. The van der Waals surface area contributed by atoms with E-state index in [9.17, 15) is 9.59 Å². The summed E-state index contributed by atoms with van der Waals surface area (Å²) >= 11 is 0. The molecule has 5 rings (SSSR count). The fourth-order valence-electron chi connectivity index (χ4n) is 5.69. The van der Waals surface area contributed by atoms with Crippen molar-refractivity contribution in [2.24, 2.45) is 11.8 Å². The Hall–Kier alpha value is -3.01. The van der Waals surface area contributed by atoms with Crippen LogP contribution >= 0.6 is 0 Å². The molecule has 2 aliphatic rings. The first-order chi connectivity index (χ1) is 19.9. The van der Waals surface area contributed by atoms with Gasteiger partial charge in [-0.15, -0.1) is 0 Å². The van der Waals surface area contributed by atoms with Gasteiger partial charge in [-0.2, -0.15) is 0 Å². The zero-order chi connectivity index (χ0) is 28.8. The van der Waals surface area contributed by atoms with E-state index in [1.807, 2.05) is 13.0 Å². The Bertz CT molecular complexity index is 1370. The van der Waals surface area contributed by atoms with Crippen molar-refractivity contribution in [3.05, 3.63) is 51.9 Å². The Kier molecular flexibility index (Phi) is 9.90. The molecule has 1 atom stereocenters. The van der Waals surface area contributed by atoms with Crippen molar-refractivity contribution in [1.82, 2.24) is 19.9 Å². The van der Waals surface area contributed by atoms with Crippen LogP contribution in [0.25, 0.3) is 22.4 Å². The van der Waals surface area contributed by atoms with Gasteiger partial charge in [-0.25, -0.2) is 4.98 Å². The second-order valence-electron chi connectivity index (χ2n) is 12.0. The summed E-state index contributed by atoms with van der Waals surface area (Å²) in [6, 6.07) is 7.90. The smallest absolute Gasteiger partial charge is 0.323 e. The molecule has 0 bridgehead atoms. The second kappa shape index (κ2) is 13.8. The van der Waals surface area contributed by atoms with Crippen LogP contribution in [-0.4, -0.2) is 59.1 Å². The largest absolute Gasteiger partial charge is 0.461 e. The van der Waals surface area contributed by atoms with E-state index in [-0.39, 0.29) is 23.7 Å². The number of carbonyl (C=O) groups excluding carboxylic acids is 1. The van der Waals surface area contributed by atoms with Gasteiger partial charge in [0.2, 0.25) is 0 Å². The molecule has 1 aromatic carbocycles. The highest BCUT2D eigenvalue weighted by Gasteiger charge is 2.25. The monoisotopic (exact) mass is 564 g/mol. The van der Waals surface area contributed by atoms with Crippen molar-refractivity contribution in [3.8, 4) is 11.4 Å². The number of aryl methyl sites for hydroxylation is 1. The first-order valence-electron chi connectivity index (χ1n) is 15.2. The van der Waals surface area contributed by atoms with Crippen molar-refractivity contribution < 1.29 is 19.0 Å². The Morgan fingerprint density at radius 2 is 1.83 bits per heavy atom. The number of aromatic amines is 1. The van der Waals surface area contributed by atoms with Gasteiger partial charge in [0.25, 0.3) is 5.56 Å². The summed E-state index contributed by atoms with van der Waals surface area (Å²) in [7, 11) is 0. The Morgan fingerprint density at radius 1 is 1.10 bits per heavy atom. The van der Waals surface area contributed by atoms with Crippen LogP contribution in [-0.2, 0) is 32.1 Å². The summed E-state index contributed by atoms with van der Waals surface area (Å²) in [5.41, 5.74) is 4.50. The molecule has 0 radical (unpaired) electrons. The molecule has 9 heteroatoms. The quantitative estimate of drug-likeness (QED) is 0.324. The predicted molar refractivity (Wildman–Crippen MR) is 159 cm³/mol. The van der Waals surface area contributed by atoms with E-state index in [0.29, 0.717) is 37.2 Å². The maximum atomic E-state index is 13.1. The van der Waals surface area contributed by atoms with E-state index in [0.717, 1.165) is 86.3 Å². The number of rotatable bonds is 11. The van der Waals surface area contributed by atoms with Crippen LogP contribution in [0.3, 0.4) is 0 Å². The highest BCUT2D eigenvalue weighted by Crippen LogP contribution is 2.29. The third-order valence-corrected chi connectivity index (χ3v) is 8.26. The summed E-state index contributed by atoms with van der Waals surface area (Å²) in [5.74, 6) is 1.69. The van der Waals surface area contributed by atoms with E-state index >= 15 is 0 Å². The first kappa shape index (κ1) is 29.5. The van der Waals surface area contributed by atoms with Crippen LogP contribution < -0.4 is 10.9 Å². The molecule has 0 saturated carbocycles. The molecule has 0 unspecified atom stereocenters. The SMILES string of the molecule is Cc1cc(-c2nc3cc(CN[C@@H](CCC(C)C)C(=O)OC4CCOCC4)ccc3n2CC2CCOCC2)c[nH]c1=O. The topological polar surface area (TPSA) is 107 Å². The molecule has 2 aliphatic heterocycles. The van der Waals surface area contributed by atoms with Crippen LogP contribution in [0.1, 0.15) is 63.5 Å². The number of H-pyrrole nitrogens is 1.